The highest BCUT2D eigenvalue weighted by Gasteiger charge is 2.25. The van der Waals surface area contributed by atoms with Crippen LogP contribution in [0.25, 0.3) is 0 Å². The van der Waals surface area contributed by atoms with Crippen molar-refractivity contribution in [2.75, 3.05) is 12.4 Å². The van der Waals surface area contributed by atoms with Crippen LogP contribution in [0.5, 0.6) is 5.75 Å². The number of carbonyl (C=O) groups is 2. The van der Waals surface area contributed by atoms with Crippen LogP contribution in [0.1, 0.15) is 20.3 Å². The minimum atomic E-state index is -1.05. The lowest BCUT2D eigenvalue weighted by Crippen LogP contribution is -2.46. The summed E-state index contributed by atoms with van der Waals surface area (Å²) in [7, 11) is 1.50. The number of hydrogen-bond donors (Lipinski definition) is 3. The van der Waals surface area contributed by atoms with Crippen molar-refractivity contribution in [2.45, 2.75) is 26.3 Å². The molecule has 0 unspecified atom stereocenters. The lowest BCUT2D eigenvalue weighted by atomic mass is 9.99. The molecule has 0 saturated carbocycles. The molecule has 6 heteroatoms. The first-order chi connectivity index (χ1) is 9.49. The van der Waals surface area contributed by atoms with E-state index in [1.54, 1.807) is 31.2 Å². The van der Waals surface area contributed by atoms with Crippen molar-refractivity contribution in [3.8, 4) is 5.75 Å². The Morgan fingerprint density at radius 1 is 1.35 bits per heavy atom. The van der Waals surface area contributed by atoms with Gasteiger partial charge in [-0.1, -0.05) is 32.4 Å². The van der Waals surface area contributed by atoms with Gasteiger partial charge in [0.05, 0.1) is 12.8 Å². The molecule has 20 heavy (non-hydrogen) atoms. The Labute approximate surface area is 118 Å². The molecule has 1 aromatic carbocycles. The highest BCUT2D eigenvalue weighted by Crippen LogP contribution is 2.22. The summed E-state index contributed by atoms with van der Waals surface area (Å²) in [6.07, 6.45) is 0.659. The van der Waals surface area contributed by atoms with E-state index < -0.39 is 18.0 Å². The number of methoxy groups -OCH3 is 1. The molecule has 0 fully saturated rings. The monoisotopic (exact) mass is 280 g/mol. The Morgan fingerprint density at radius 3 is 2.55 bits per heavy atom. The van der Waals surface area contributed by atoms with Crippen molar-refractivity contribution in [1.82, 2.24) is 5.32 Å². The molecule has 1 rings (SSSR count). The van der Waals surface area contributed by atoms with Gasteiger partial charge in [0.15, 0.2) is 0 Å². The van der Waals surface area contributed by atoms with E-state index in [9.17, 15) is 9.59 Å². The first kappa shape index (κ1) is 15.8. The van der Waals surface area contributed by atoms with E-state index in [1.807, 2.05) is 6.92 Å². The van der Waals surface area contributed by atoms with Crippen LogP contribution in [0.2, 0.25) is 0 Å². The second kappa shape index (κ2) is 7.37. The summed E-state index contributed by atoms with van der Waals surface area (Å²) in [6.45, 7) is 3.66. The third-order valence-electron chi connectivity index (χ3n) is 3.12. The molecule has 0 radical (unpaired) electrons. The van der Waals surface area contributed by atoms with Crippen LogP contribution in [0.4, 0.5) is 10.5 Å². The summed E-state index contributed by atoms with van der Waals surface area (Å²) < 4.78 is 5.11. The average molecular weight is 280 g/mol. The van der Waals surface area contributed by atoms with Gasteiger partial charge in [0, 0.05) is 0 Å². The maximum absolute atomic E-state index is 11.9. The molecule has 110 valence electrons. The largest absolute Gasteiger partial charge is 0.495 e. The van der Waals surface area contributed by atoms with Crippen LogP contribution in [-0.4, -0.2) is 30.3 Å². The van der Waals surface area contributed by atoms with Crippen LogP contribution < -0.4 is 15.4 Å². The quantitative estimate of drug-likeness (QED) is 0.746. The lowest BCUT2D eigenvalue weighted by molar-refractivity contribution is -0.140. The number of urea groups is 1. The second-order valence-electron chi connectivity index (χ2n) is 4.50. The number of carboxylic acids is 1. The minimum Gasteiger partial charge on any atom is -0.495 e. The summed E-state index contributed by atoms with van der Waals surface area (Å²) in [4.78, 5) is 23.0. The summed E-state index contributed by atoms with van der Waals surface area (Å²) >= 11 is 0. The number of benzene rings is 1. The summed E-state index contributed by atoms with van der Waals surface area (Å²) in [5.74, 6) is -0.691. The first-order valence-electron chi connectivity index (χ1n) is 6.42. The molecule has 0 bridgehead atoms. The summed E-state index contributed by atoms with van der Waals surface area (Å²) in [6, 6.07) is 5.43. The smallest absolute Gasteiger partial charge is 0.326 e. The van der Waals surface area contributed by atoms with E-state index in [1.165, 1.54) is 7.11 Å². The molecule has 6 nitrogen and oxygen atoms in total. The van der Waals surface area contributed by atoms with Gasteiger partial charge in [0.2, 0.25) is 0 Å². The average Bonchev–Trinajstić information content (AvgIpc) is 2.44. The normalized spacial score (nSPS) is 13.2. The number of para-hydroxylation sites is 2. The topological polar surface area (TPSA) is 87.7 Å². The summed E-state index contributed by atoms with van der Waals surface area (Å²) in [5.41, 5.74) is 0.487. The van der Waals surface area contributed by atoms with Crippen LogP contribution in [0.3, 0.4) is 0 Å². The van der Waals surface area contributed by atoms with Gasteiger partial charge in [0.25, 0.3) is 0 Å². The molecule has 0 saturated heterocycles. The first-order valence-corrected chi connectivity index (χ1v) is 6.42. The minimum absolute atomic E-state index is 0.157. The number of rotatable bonds is 6. The second-order valence-corrected chi connectivity index (χ2v) is 4.50. The van der Waals surface area contributed by atoms with Gasteiger partial charge in [-0.05, 0) is 18.1 Å². The Hall–Kier alpha value is -2.24. The molecule has 2 atom stereocenters. The third kappa shape index (κ3) is 4.15. The van der Waals surface area contributed by atoms with Crippen LogP contribution in [0, 0.1) is 5.92 Å². The van der Waals surface area contributed by atoms with E-state index in [4.69, 9.17) is 9.84 Å². The third-order valence-corrected chi connectivity index (χ3v) is 3.12. The molecular formula is C14H20N2O4. The zero-order valence-electron chi connectivity index (χ0n) is 11.8. The zero-order valence-corrected chi connectivity index (χ0v) is 11.8. The lowest BCUT2D eigenvalue weighted by Gasteiger charge is -2.20. The predicted octanol–water partition coefficient (Wildman–Crippen LogP) is 2.32. The van der Waals surface area contributed by atoms with Crippen molar-refractivity contribution in [2.24, 2.45) is 5.92 Å². The highest BCUT2D eigenvalue weighted by atomic mass is 16.5. The molecule has 1 aromatic rings. The van der Waals surface area contributed by atoms with Crippen molar-refractivity contribution in [3.05, 3.63) is 24.3 Å². The van der Waals surface area contributed by atoms with Crippen molar-refractivity contribution < 1.29 is 19.4 Å². The maximum Gasteiger partial charge on any atom is 0.326 e. The maximum atomic E-state index is 11.9. The molecule has 3 N–H and O–H groups in total. The fraction of sp³-hybridized carbons (Fsp3) is 0.429. The standard InChI is InChI=1S/C14H20N2O4/c1-4-9(2)12(13(17)18)16-14(19)15-10-7-5-6-8-11(10)20-3/h5-9,12H,4H2,1-3H3,(H,17,18)(H2,15,16,19)/t9-,12-/m0/s1. The van der Waals surface area contributed by atoms with Crippen molar-refractivity contribution in [3.63, 3.8) is 0 Å². The number of nitrogens with one attached hydrogen (secondary N) is 2. The number of ether oxygens (including phenoxy) is 1. The Kier molecular flexibility index (Phi) is 5.83. The number of hydrogen-bond acceptors (Lipinski definition) is 3. The fourth-order valence-corrected chi connectivity index (χ4v) is 1.73. The Morgan fingerprint density at radius 2 is 2.00 bits per heavy atom. The molecule has 0 aliphatic rings. The van der Waals surface area contributed by atoms with E-state index in [0.717, 1.165) is 0 Å². The van der Waals surface area contributed by atoms with E-state index in [0.29, 0.717) is 17.9 Å². The van der Waals surface area contributed by atoms with Gasteiger partial charge in [0.1, 0.15) is 11.8 Å². The molecule has 0 spiro atoms. The number of aliphatic carboxylic acids is 1. The molecular weight excluding hydrogens is 260 g/mol. The van der Waals surface area contributed by atoms with Gasteiger partial charge in [-0.3, -0.25) is 0 Å². The van der Waals surface area contributed by atoms with Crippen molar-refractivity contribution >= 4 is 17.7 Å². The van der Waals surface area contributed by atoms with Gasteiger partial charge in [-0.25, -0.2) is 9.59 Å². The molecule has 0 heterocycles. The van der Waals surface area contributed by atoms with E-state index in [-0.39, 0.29) is 5.92 Å². The molecule has 0 aromatic heterocycles. The van der Waals surface area contributed by atoms with Crippen LogP contribution >= 0.6 is 0 Å². The molecule has 0 aliphatic heterocycles. The Balaban J connectivity index is 2.73. The zero-order chi connectivity index (χ0) is 15.1. The highest BCUT2D eigenvalue weighted by molar-refractivity contribution is 5.93. The summed E-state index contributed by atoms with van der Waals surface area (Å²) in [5, 5.41) is 14.2. The van der Waals surface area contributed by atoms with Crippen LogP contribution in [-0.2, 0) is 4.79 Å². The van der Waals surface area contributed by atoms with Crippen molar-refractivity contribution in [1.29, 1.82) is 0 Å². The SMILES string of the molecule is CC[C@H](C)[C@H](NC(=O)Nc1ccccc1OC)C(=O)O. The van der Waals surface area contributed by atoms with Gasteiger partial charge in [-0.2, -0.15) is 0 Å². The van der Waals surface area contributed by atoms with Crippen LogP contribution in [0.15, 0.2) is 24.3 Å². The fourth-order valence-electron chi connectivity index (χ4n) is 1.73. The number of anilines is 1. The predicted molar refractivity (Wildman–Crippen MR) is 76.0 cm³/mol. The number of carboxylic acid groups (broad SMARTS) is 1. The van der Waals surface area contributed by atoms with Gasteiger partial charge < -0.3 is 20.5 Å². The molecule has 0 aliphatic carbocycles. The van der Waals surface area contributed by atoms with Gasteiger partial charge in [-0.15, -0.1) is 0 Å². The number of carbonyl (C=O) groups excluding carboxylic acids is 1. The number of amides is 2. The van der Waals surface area contributed by atoms with E-state index >= 15 is 0 Å². The van der Waals surface area contributed by atoms with Gasteiger partial charge >= 0.3 is 12.0 Å². The van der Waals surface area contributed by atoms with E-state index in [2.05, 4.69) is 10.6 Å². The molecule has 2 amide bonds. The Bertz CT molecular complexity index is 476.